The maximum atomic E-state index is 13.6. The minimum atomic E-state index is -4.11. The van der Waals surface area contributed by atoms with Crippen molar-refractivity contribution < 1.29 is 23.1 Å². The van der Waals surface area contributed by atoms with Crippen molar-refractivity contribution in [2.45, 2.75) is 31.3 Å². The Morgan fingerprint density at radius 2 is 1.74 bits per heavy atom. The molecular weight excluding hydrogens is 544 g/mol. The molecule has 0 aliphatic carbocycles. The second kappa shape index (κ2) is 13.3. The van der Waals surface area contributed by atoms with E-state index in [1.54, 1.807) is 61.5 Å². The van der Waals surface area contributed by atoms with Crippen LogP contribution in [0.5, 0.6) is 0 Å². The third-order valence-corrected chi connectivity index (χ3v) is 8.12. The molecule has 3 aromatic carbocycles. The molecule has 10 nitrogen and oxygen atoms in total. The van der Waals surface area contributed by atoms with Gasteiger partial charge in [0.2, 0.25) is 5.91 Å². The molecule has 12 heteroatoms. The van der Waals surface area contributed by atoms with Crippen molar-refractivity contribution >= 4 is 39.1 Å². The number of anilines is 1. The van der Waals surface area contributed by atoms with E-state index < -0.39 is 41.0 Å². The molecule has 1 unspecified atom stereocenters. The van der Waals surface area contributed by atoms with Gasteiger partial charge in [0, 0.05) is 17.1 Å². The van der Waals surface area contributed by atoms with Gasteiger partial charge >= 0.3 is 0 Å². The Balaban J connectivity index is 1.79. The number of rotatable bonds is 12. The van der Waals surface area contributed by atoms with E-state index in [1.807, 2.05) is 6.92 Å². The number of nitrogens with zero attached hydrogens (tertiary/aromatic N) is 2. The van der Waals surface area contributed by atoms with E-state index in [1.165, 1.54) is 12.1 Å². The number of aliphatic hydroxyl groups is 1. The highest BCUT2D eigenvalue weighted by Gasteiger charge is 2.28. The number of halogens is 1. The van der Waals surface area contributed by atoms with Gasteiger partial charge in [0.1, 0.15) is 13.1 Å². The Kier molecular flexibility index (Phi) is 10.2. The Morgan fingerprint density at radius 3 is 2.41 bits per heavy atom. The smallest absolute Gasteiger partial charge is 0.264 e. The first kappa shape index (κ1) is 29.8. The lowest BCUT2D eigenvalue weighted by Gasteiger charge is -2.26. The number of aryl methyl sites for hydroxylation is 1. The molecule has 1 atom stereocenters. The summed E-state index contributed by atoms with van der Waals surface area (Å²) < 4.78 is 28.2. The number of hydrogen-bond donors (Lipinski definition) is 3. The van der Waals surface area contributed by atoms with Crippen molar-refractivity contribution in [3.63, 3.8) is 0 Å². The monoisotopic (exact) mass is 572 g/mol. The zero-order chi connectivity index (χ0) is 28.6. The number of nitroso groups, excluding NO2 is 1. The molecular formula is C27H29ClN4O6S. The summed E-state index contributed by atoms with van der Waals surface area (Å²) >= 11 is 6.26. The van der Waals surface area contributed by atoms with Gasteiger partial charge in [-0.25, -0.2) is 8.42 Å². The highest BCUT2D eigenvalue weighted by Crippen LogP contribution is 2.30. The molecule has 3 rings (SSSR count). The summed E-state index contributed by atoms with van der Waals surface area (Å²) in [5, 5.41) is 17.5. The van der Waals surface area contributed by atoms with E-state index in [2.05, 4.69) is 15.8 Å². The molecule has 0 aliphatic rings. The number of sulfonamides is 1. The summed E-state index contributed by atoms with van der Waals surface area (Å²) in [4.78, 5) is 36.0. The third kappa shape index (κ3) is 7.62. The first-order chi connectivity index (χ1) is 18.6. The van der Waals surface area contributed by atoms with Gasteiger partial charge in [-0.3, -0.25) is 13.9 Å². The second-order valence-electron chi connectivity index (χ2n) is 8.85. The van der Waals surface area contributed by atoms with Crippen LogP contribution in [0.15, 0.2) is 76.8 Å². The third-order valence-electron chi connectivity index (χ3n) is 5.93. The van der Waals surface area contributed by atoms with Gasteiger partial charge in [0.25, 0.3) is 15.9 Å². The Bertz CT molecular complexity index is 1450. The van der Waals surface area contributed by atoms with Gasteiger partial charge in [-0.1, -0.05) is 52.7 Å². The van der Waals surface area contributed by atoms with Crippen LogP contribution >= 0.6 is 11.6 Å². The zero-order valence-corrected chi connectivity index (χ0v) is 23.0. The standard InChI is InChI=1S/C27H29ClN4O6S/c1-18-9-11-23(12-10-18)39(37,38)32(25-8-4-7-24(28)19(25)2)16-26(34)29-14-20-5-3-6-21(13-20)27(35)31-22(17-33)15-30-36/h3-13,22,33H,14-17H2,1-2H3,(H,29,34)(H,31,35). The average Bonchev–Trinajstić information content (AvgIpc) is 2.92. The summed E-state index contributed by atoms with van der Waals surface area (Å²) in [6.07, 6.45) is 0. The minimum absolute atomic E-state index is 0.0201. The van der Waals surface area contributed by atoms with Gasteiger partial charge < -0.3 is 15.7 Å². The first-order valence-electron chi connectivity index (χ1n) is 12.0. The summed E-state index contributed by atoms with van der Waals surface area (Å²) in [5.41, 5.74) is 2.51. The highest BCUT2D eigenvalue weighted by atomic mass is 35.5. The van der Waals surface area contributed by atoms with E-state index >= 15 is 0 Å². The van der Waals surface area contributed by atoms with E-state index in [-0.39, 0.29) is 29.2 Å². The number of hydrogen-bond acceptors (Lipinski definition) is 7. The normalized spacial score (nSPS) is 11.9. The lowest BCUT2D eigenvalue weighted by molar-refractivity contribution is -0.119. The van der Waals surface area contributed by atoms with Crippen LogP contribution in [-0.2, 0) is 21.4 Å². The fourth-order valence-electron chi connectivity index (χ4n) is 3.72. The Hall–Kier alpha value is -3.80. The number of aliphatic hydroxyl groups excluding tert-OH is 1. The van der Waals surface area contributed by atoms with Gasteiger partial charge in [-0.05, 0) is 61.4 Å². The van der Waals surface area contributed by atoms with Gasteiger partial charge in [0.05, 0.1) is 23.2 Å². The van der Waals surface area contributed by atoms with E-state index in [0.717, 1.165) is 9.87 Å². The summed E-state index contributed by atoms with van der Waals surface area (Å²) in [6.45, 7) is 2.32. The topological polar surface area (TPSA) is 145 Å². The maximum absolute atomic E-state index is 13.6. The van der Waals surface area contributed by atoms with Crippen molar-refractivity contribution in [3.05, 3.63) is 98.9 Å². The van der Waals surface area contributed by atoms with Gasteiger partial charge in [-0.15, -0.1) is 0 Å². The zero-order valence-electron chi connectivity index (χ0n) is 21.4. The van der Waals surface area contributed by atoms with Crippen LogP contribution in [0.1, 0.15) is 27.0 Å². The van der Waals surface area contributed by atoms with Crippen LogP contribution in [0.3, 0.4) is 0 Å². The van der Waals surface area contributed by atoms with Crippen LogP contribution in [0.2, 0.25) is 5.02 Å². The molecule has 206 valence electrons. The average molecular weight is 573 g/mol. The van der Waals surface area contributed by atoms with Crippen LogP contribution in [0.25, 0.3) is 0 Å². The van der Waals surface area contributed by atoms with E-state index in [9.17, 15) is 28.0 Å². The van der Waals surface area contributed by atoms with Crippen LogP contribution in [0, 0.1) is 18.8 Å². The molecule has 39 heavy (non-hydrogen) atoms. The molecule has 0 aliphatic heterocycles. The predicted molar refractivity (Wildman–Crippen MR) is 149 cm³/mol. The van der Waals surface area contributed by atoms with Gasteiger partial charge in [-0.2, -0.15) is 4.91 Å². The number of carbonyl (C=O) groups is 2. The van der Waals surface area contributed by atoms with Crippen molar-refractivity contribution in [2.75, 3.05) is 24.0 Å². The van der Waals surface area contributed by atoms with Gasteiger partial charge in [0.15, 0.2) is 0 Å². The fourth-order valence-corrected chi connectivity index (χ4v) is 5.37. The molecule has 0 aromatic heterocycles. The number of amides is 2. The molecule has 2 amide bonds. The molecule has 0 saturated carbocycles. The van der Waals surface area contributed by atoms with E-state index in [0.29, 0.717) is 16.1 Å². The lowest BCUT2D eigenvalue weighted by atomic mass is 10.1. The molecule has 0 radical (unpaired) electrons. The molecule has 3 aromatic rings. The molecule has 0 heterocycles. The molecule has 3 N–H and O–H groups in total. The van der Waals surface area contributed by atoms with Crippen LogP contribution < -0.4 is 14.9 Å². The number of benzene rings is 3. The Morgan fingerprint density at radius 1 is 1.05 bits per heavy atom. The largest absolute Gasteiger partial charge is 0.394 e. The molecule has 0 spiro atoms. The summed E-state index contributed by atoms with van der Waals surface area (Å²) in [7, 11) is -4.11. The highest BCUT2D eigenvalue weighted by molar-refractivity contribution is 7.92. The molecule has 0 bridgehead atoms. The molecule has 0 fully saturated rings. The fraction of sp³-hybridized carbons (Fsp3) is 0.259. The quantitative estimate of drug-likeness (QED) is 0.284. The SMILES string of the molecule is Cc1ccc(S(=O)(=O)N(CC(=O)NCc2cccc(C(=O)NC(CO)CN=O)c2)c2cccc(Cl)c2C)cc1. The number of nitrogens with one attached hydrogen (secondary N) is 2. The second-order valence-corrected chi connectivity index (χ2v) is 11.1. The summed E-state index contributed by atoms with van der Waals surface area (Å²) in [5.74, 6) is -1.09. The number of carbonyl (C=O) groups excluding carboxylic acids is 2. The van der Waals surface area contributed by atoms with Crippen molar-refractivity contribution in [2.24, 2.45) is 5.18 Å². The first-order valence-corrected chi connectivity index (χ1v) is 13.8. The molecule has 0 saturated heterocycles. The lowest BCUT2D eigenvalue weighted by Crippen LogP contribution is -2.41. The van der Waals surface area contributed by atoms with Crippen LogP contribution in [-0.4, -0.2) is 51.1 Å². The van der Waals surface area contributed by atoms with Crippen molar-refractivity contribution in [1.82, 2.24) is 10.6 Å². The maximum Gasteiger partial charge on any atom is 0.264 e. The van der Waals surface area contributed by atoms with Crippen molar-refractivity contribution in [1.29, 1.82) is 0 Å². The van der Waals surface area contributed by atoms with E-state index in [4.69, 9.17) is 11.6 Å². The van der Waals surface area contributed by atoms with Crippen LogP contribution in [0.4, 0.5) is 5.69 Å². The minimum Gasteiger partial charge on any atom is -0.394 e. The Labute approximate surface area is 232 Å². The predicted octanol–water partition coefficient (Wildman–Crippen LogP) is 3.33. The van der Waals surface area contributed by atoms with Crippen molar-refractivity contribution in [3.8, 4) is 0 Å². The summed E-state index contributed by atoms with van der Waals surface area (Å²) in [6, 6.07) is 16.7.